The van der Waals surface area contributed by atoms with E-state index in [4.69, 9.17) is 5.73 Å². The zero-order valence-corrected chi connectivity index (χ0v) is 19.9. The lowest BCUT2D eigenvalue weighted by Crippen LogP contribution is -2.45. The molecule has 2 aliphatic rings. The molecule has 0 bridgehead atoms. The number of carbonyl (C=O) groups excluding carboxylic acids is 1. The highest BCUT2D eigenvalue weighted by atomic mass is 16.2. The first kappa shape index (κ1) is 23.4. The number of amides is 1. The van der Waals surface area contributed by atoms with E-state index in [-0.39, 0.29) is 11.7 Å². The van der Waals surface area contributed by atoms with Gasteiger partial charge in [-0.1, -0.05) is 31.0 Å². The minimum absolute atomic E-state index is 0.00542. The standard InChI is InChI=1S/C26H36N6O/c1-19-10-8-11-20(2)31(19)16-6-3-7-17-32-23-13-5-4-12-21(23)18-22(26(32)33)30-24(27)25-28-14-9-15-29-25/h4-5,9,12-15,19-20,22H,3,6-8,10-11,16-18H2,1-2H3,(H2,27,30)/t19-,20+,22?. The van der Waals surface area contributed by atoms with Gasteiger partial charge in [-0.15, -0.1) is 0 Å². The molecule has 33 heavy (non-hydrogen) atoms. The van der Waals surface area contributed by atoms with E-state index < -0.39 is 6.04 Å². The molecule has 176 valence electrons. The van der Waals surface area contributed by atoms with Gasteiger partial charge in [0.1, 0.15) is 6.04 Å². The molecule has 0 radical (unpaired) electrons. The van der Waals surface area contributed by atoms with Crippen molar-refractivity contribution in [2.45, 2.75) is 76.9 Å². The molecule has 3 atom stereocenters. The number of benzene rings is 1. The summed E-state index contributed by atoms with van der Waals surface area (Å²) in [5.41, 5.74) is 8.27. The van der Waals surface area contributed by atoms with Gasteiger partial charge in [-0.3, -0.25) is 14.7 Å². The molecule has 1 aromatic carbocycles. The Hall–Kier alpha value is -2.80. The Bertz CT molecular complexity index is 952. The smallest absolute Gasteiger partial charge is 0.252 e. The van der Waals surface area contributed by atoms with Crippen LogP contribution < -0.4 is 10.6 Å². The third-order valence-electron chi connectivity index (χ3n) is 7.01. The highest BCUT2D eigenvalue weighted by Gasteiger charge is 2.32. The Kier molecular flexibility index (Phi) is 7.70. The number of amidine groups is 1. The third-order valence-corrected chi connectivity index (χ3v) is 7.01. The van der Waals surface area contributed by atoms with E-state index in [2.05, 4.69) is 39.8 Å². The number of anilines is 1. The zero-order valence-electron chi connectivity index (χ0n) is 19.9. The monoisotopic (exact) mass is 448 g/mol. The molecule has 7 heteroatoms. The van der Waals surface area contributed by atoms with Crippen LogP contribution in [0.5, 0.6) is 0 Å². The highest BCUT2D eigenvalue weighted by molar-refractivity contribution is 6.03. The van der Waals surface area contributed by atoms with Crippen molar-refractivity contribution >= 4 is 17.4 Å². The van der Waals surface area contributed by atoms with Crippen molar-refractivity contribution in [2.75, 3.05) is 18.0 Å². The Morgan fingerprint density at radius 1 is 1.03 bits per heavy atom. The van der Waals surface area contributed by atoms with Crippen LogP contribution in [0.1, 0.15) is 63.8 Å². The number of nitrogens with two attached hydrogens (primary N) is 1. The number of carbonyl (C=O) groups is 1. The number of fused-ring (bicyclic) bond motifs is 1. The molecular weight excluding hydrogens is 412 g/mol. The zero-order chi connectivity index (χ0) is 23.2. The van der Waals surface area contributed by atoms with Crippen LogP contribution in [-0.4, -0.2) is 57.8 Å². The Morgan fingerprint density at radius 2 is 1.73 bits per heavy atom. The molecule has 1 amide bonds. The molecule has 7 nitrogen and oxygen atoms in total. The molecule has 2 aromatic rings. The van der Waals surface area contributed by atoms with Crippen molar-refractivity contribution in [3.05, 3.63) is 54.1 Å². The van der Waals surface area contributed by atoms with Gasteiger partial charge >= 0.3 is 0 Å². The van der Waals surface area contributed by atoms with Crippen LogP contribution in [0.25, 0.3) is 0 Å². The van der Waals surface area contributed by atoms with Crippen molar-refractivity contribution in [1.29, 1.82) is 0 Å². The summed E-state index contributed by atoms with van der Waals surface area (Å²) in [7, 11) is 0. The second kappa shape index (κ2) is 10.9. The Labute approximate surface area is 197 Å². The number of likely N-dealkylation sites (tertiary alicyclic amines) is 1. The van der Waals surface area contributed by atoms with Crippen LogP contribution in [0.4, 0.5) is 5.69 Å². The number of hydrogen-bond acceptors (Lipinski definition) is 5. The molecule has 1 saturated heterocycles. The molecule has 1 fully saturated rings. The molecule has 2 aliphatic heterocycles. The maximum absolute atomic E-state index is 13.4. The number of piperidine rings is 1. The fraction of sp³-hybridized carbons (Fsp3) is 0.538. The van der Waals surface area contributed by atoms with Crippen molar-refractivity contribution in [1.82, 2.24) is 14.9 Å². The molecule has 1 unspecified atom stereocenters. The minimum Gasteiger partial charge on any atom is -0.381 e. The second-order valence-corrected chi connectivity index (χ2v) is 9.35. The van der Waals surface area contributed by atoms with Gasteiger partial charge in [0.2, 0.25) is 0 Å². The molecule has 0 spiro atoms. The van der Waals surface area contributed by atoms with Gasteiger partial charge in [0, 0.05) is 43.1 Å². The van der Waals surface area contributed by atoms with E-state index in [0.29, 0.717) is 30.9 Å². The van der Waals surface area contributed by atoms with Gasteiger partial charge in [-0.2, -0.15) is 0 Å². The number of nitrogens with zero attached hydrogens (tertiary/aromatic N) is 5. The maximum atomic E-state index is 13.4. The SMILES string of the molecule is C[C@@H]1CCC[C@H](C)N1CCCCCN1C(=O)C(N=C(N)c2ncccn2)Cc2ccccc21. The van der Waals surface area contributed by atoms with E-state index in [0.717, 1.165) is 37.1 Å². The number of aliphatic imine (C=N–C) groups is 1. The van der Waals surface area contributed by atoms with E-state index in [1.165, 1.54) is 19.3 Å². The second-order valence-electron chi connectivity index (χ2n) is 9.35. The summed E-state index contributed by atoms with van der Waals surface area (Å²) in [5, 5.41) is 0. The average Bonchev–Trinajstić information content (AvgIpc) is 2.83. The van der Waals surface area contributed by atoms with Gasteiger partial charge in [-0.05, 0) is 63.8 Å². The lowest BCUT2D eigenvalue weighted by molar-refractivity contribution is -0.120. The molecule has 4 rings (SSSR count). The quantitative estimate of drug-likeness (QED) is 0.379. The summed E-state index contributed by atoms with van der Waals surface area (Å²) in [6.45, 7) is 6.56. The molecule has 0 saturated carbocycles. The highest BCUT2D eigenvalue weighted by Crippen LogP contribution is 2.29. The van der Waals surface area contributed by atoms with Crippen molar-refractivity contribution in [3.63, 3.8) is 0 Å². The lowest BCUT2D eigenvalue weighted by Gasteiger charge is -2.39. The van der Waals surface area contributed by atoms with E-state index >= 15 is 0 Å². The molecule has 3 heterocycles. The van der Waals surface area contributed by atoms with Crippen LogP contribution in [0.15, 0.2) is 47.7 Å². The van der Waals surface area contributed by atoms with Gasteiger partial charge in [0.15, 0.2) is 11.7 Å². The Balaban J connectivity index is 1.38. The predicted molar refractivity (Wildman–Crippen MR) is 132 cm³/mol. The van der Waals surface area contributed by atoms with Gasteiger partial charge in [0.25, 0.3) is 5.91 Å². The minimum atomic E-state index is -0.543. The number of rotatable bonds is 8. The van der Waals surface area contributed by atoms with Crippen molar-refractivity contribution in [2.24, 2.45) is 10.7 Å². The predicted octanol–water partition coefficient (Wildman–Crippen LogP) is 3.57. The molecule has 1 aromatic heterocycles. The van der Waals surface area contributed by atoms with Gasteiger partial charge in [0.05, 0.1) is 0 Å². The summed E-state index contributed by atoms with van der Waals surface area (Å²) in [6, 6.07) is 10.7. The average molecular weight is 449 g/mol. The first-order valence-corrected chi connectivity index (χ1v) is 12.3. The molecule has 2 N–H and O–H groups in total. The van der Waals surface area contributed by atoms with Crippen LogP contribution in [-0.2, 0) is 11.2 Å². The fourth-order valence-electron chi connectivity index (χ4n) is 5.19. The summed E-state index contributed by atoms with van der Waals surface area (Å²) in [4.78, 5) is 30.8. The van der Waals surface area contributed by atoms with Crippen molar-refractivity contribution < 1.29 is 4.79 Å². The molecule has 0 aliphatic carbocycles. The van der Waals surface area contributed by atoms with Crippen LogP contribution in [0.2, 0.25) is 0 Å². The van der Waals surface area contributed by atoms with Crippen LogP contribution in [0.3, 0.4) is 0 Å². The summed E-state index contributed by atoms with van der Waals surface area (Å²) in [5.74, 6) is 0.570. The van der Waals surface area contributed by atoms with Gasteiger partial charge in [-0.25, -0.2) is 9.97 Å². The third kappa shape index (κ3) is 5.58. The van der Waals surface area contributed by atoms with E-state index in [1.54, 1.807) is 18.5 Å². The number of para-hydroxylation sites is 1. The fourth-order valence-corrected chi connectivity index (χ4v) is 5.19. The van der Waals surface area contributed by atoms with Crippen LogP contribution in [0, 0.1) is 0 Å². The molecular formula is C26H36N6O. The van der Waals surface area contributed by atoms with Gasteiger partial charge < -0.3 is 10.6 Å². The topological polar surface area (TPSA) is 87.7 Å². The number of unbranched alkanes of at least 4 members (excludes halogenated alkanes) is 2. The Morgan fingerprint density at radius 3 is 2.48 bits per heavy atom. The summed E-state index contributed by atoms with van der Waals surface area (Å²) in [6.07, 6.45) is 11.0. The van der Waals surface area contributed by atoms with Crippen LogP contribution >= 0.6 is 0 Å². The normalized spacial score (nSPS) is 24.1. The van der Waals surface area contributed by atoms with E-state index in [1.807, 2.05) is 23.1 Å². The summed E-state index contributed by atoms with van der Waals surface area (Å²) < 4.78 is 0. The van der Waals surface area contributed by atoms with E-state index in [9.17, 15) is 4.79 Å². The largest absolute Gasteiger partial charge is 0.381 e. The first-order chi connectivity index (χ1) is 16.0. The van der Waals surface area contributed by atoms with Crippen molar-refractivity contribution in [3.8, 4) is 0 Å². The number of aromatic nitrogens is 2. The summed E-state index contributed by atoms with van der Waals surface area (Å²) >= 11 is 0. The lowest BCUT2D eigenvalue weighted by atomic mass is 9.96. The number of hydrogen-bond donors (Lipinski definition) is 1. The maximum Gasteiger partial charge on any atom is 0.252 e. The first-order valence-electron chi connectivity index (χ1n) is 12.3.